The highest BCUT2D eigenvalue weighted by atomic mass is 32.1. The summed E-state index contributed by atoms with van der Waals surface area (Å²) >= 11 is 4.66. The quantitative estimate of drug-likeness (QED) is 0.482. The molecule has 1 saturated heterocycles. The van der Waals surface area contributed by atoms with E-state index in [0.29, 0.717) is 13.1 Å². The number of nitrogens with one attached hydrogen (secondary N) is 1. The van der Waals surface area contributed by atoms with E-state index >= 15 is 0 Å². The summed E-state index contributed by atoms with van der Waals surface area (Å²) in [5.74, 6) is 0.00579. The van der Waals surface area contributed by atoms with Crippen LogP contribution in [0.1, 0.15) is 0 Å². The van der Waals surface area contributed by atoms with E-state index in [0.717, 1.165) is 6.54 Å². The van der Waals surface area contributed by atoms with Gasteiger partial charge in [-0.25, -0.2) is 0 Å². The maximum Gasteiger partial charge on any atom is 0.247 e. The topological polar surface area (TPSA) is 32.3 Å². The van der Waals surface area contributed by atoms with Crippen LogP contribution < -0.4 is 5.32 Å². The molecule has 0 spiro atoms. The maximum atomic E-state index is 10.6. The summed E-state index contributed by atoms with van der Waals surface area (Å²) in [5.41, 5.74) is 0. The summed E-state index contributed by atoms with van der Waals surface area (Å²) < 4.78 is 1.32. The van der Waals surface area contributed by atoms with E-state index in [9.17, 15) is 4.79 Å². The third-order valence-electron chi connectivity index (χ3n) is 1.05. The van der Waals surface area contributed by atoms with Crippen LogP contribution in [0.3, 0.4) is 0 Å². The Morgan fingerprint density at radius 3 is 2.88 bits per heavy atom. The second-order valence-corrected chi connectivity index (χ2v) is 2.11. The van der Waals surface area contributed by atoms with Gasteiger partial charge in [-0.15, -0.1) is 0 Å². The molecule has 3 nitrogen and oxygen atoms in total. The van der Waals surface area contributed by atoms with Crippen molar-refractivity contribution in [3.63, 3.8) is 0 Å². The molecule has 0 bridgehead atoms. The van der Waals surface area contributed by atoms with Crippen molar-refractivity contribution >= 4 is 18.7 Å². The Labute approximate surface area is 53.6 Å². The van der Waals surface area contributed by atoms with Gasteiger partial charge in [0.05, 0.1) is 6.54 Å². The lowest BCUT2D eigenvalue weighted by Gasteiger charge is -2.19. The highest BCUT2D eigenvalue weighted by molar-refractivity contribution is 7.78. The van der Waals surface area contributed by atoms with Crippen LogP contribution in [0.2, 0.25) is 0 Å². The lowest BCUT2D eigenvalue weighted by molar-refractivity contribution is -0.126. The van der Waals surface area contributed by atoms with Crippen LogP contribution >= 0.6 is 12.8 Å². The Morgan fingerprint density at radius 2 is 2.50 bits per heavy atom. The number of carbonyl (C=O) groups excluding carboxylic acids is 1. The van der Waals surface area contributed by atoms with Crippen molar-refractivity contribution in [1.29, 1.82) is 0 Å². The average molecular weight is 131 g/mol. The summed E-state index contributed by atoms with van der Waals surface area (Å²) in [6, 6.07) is 0. The predicted octanol–water partition coefficient (Wildman–Crippen LogP) is -0.469. The first kappa shape index (κ1) is 5.91. The van der Waals surface area contributed by atoms with Gasteiger partial charge in [-0.3, -0.25) is 9.10 Å². The Kier molecular flexibility index (Phi) is 1.75. The number of piperazine rings is 1. The lowest BCUT2D eigenvalue weighted by atomic mass is 10.4. The molecule has 1 aliphatic heterocycles. The van der Waals surface area contributed by atoms with Crippen molar-refractivity contribution in [3.8, 4) is 0 Å². The molecular weight excluding hydrogens is 124 g/mol. The van der Waals surface area contributed by atoms with Crippen LogP contribution in [-0.4, -0.2) is 29.8 Å². The normalized spacial score (nSPS) is 21.6. The predicted molar refractivity (Wildman–Crippen MR) is 32.2 cm³/mol. The van der Waals surface area contributed by atoms with Crippen molar-refractivity contribution in [2.24, 2.45) is 0 Å². The highest BCUT2D eigenvalue weighted by Crippen LogP contribution is 1.95. The highest BCUT2D eigenvalue weighted by Gasteiger charge is 2.13. The van der Waals surface area contributed by atoms with Crippen LogP contribution in [0.25, 0.3) is 0 Å². The Hall–Kier alpha value is -0.220. The summed E-state index contributed by atoms with van der Waals surface area (Å²) in [6.07, 6.45) is 0. The molecule has 0 aliphatic carbocycles. The van der Waals surface area contributed by atoms with Crippen LogP contribution in [0, 0.1) is 0 Å². The van der Waals surface area contributed by atoms with Crippen molar-refractivity contribution in [3.05, 3.63) is 0 Å². The molecule has 4 heteroatoms. The zero-order valence-electron chi connectivity index (χ0n) is 4.39. The molecule has 1 N–H and O–H groups in total. The van der Waals surface area contributed by atoms with E-state index in [4.69, 9.17) is 0 Å². The fourth-order valence-electron chi connectivity index (χ4n) is 0.589. The molecule has 1 rings (SSSR count). The molecule has 1 aliphatic rings. The SMILES string of the molecule is O=C1CNCCN1[S]. The van der Waals surface area contributed by atoms with Gasteiger partial charge in [-0.1, -0.05) is 0 Å². The molecule has 1 heterocycles. The monoisotopic (exact) mass is 131 g/mol. The van der Waals surface area contributed by atoms with Crippen molar-refractivity contribution in [2.45, 2.75) is 0 Å². The second-order valence-electron chi connectivity index (χ2n) is 1.67. The molecule has 0 saturated carbocycles. The standard InChI is InChI=1S/C4H7N2OS/c7-4-3-5-1-2-6(4)8/h5H,1-3H2. The van der Waals surface area contributed by atoms with Gasteiger partial charge >= 0.3 is 0 Å². The number of hydrogen-bond donors (Lipinski definition) is 1. The Bertz CT molecular complexity index is 106. The van der Waals surface area contributed by atoms with Crippen molar-refractivity contribution < 1.29 is 4.79 Å². The molecular formula is C4H7N2OS. The average Bonchev–Trinajstić information content (AvgIpc) is 1.77. The zero-order chi connectivity index (χ0) is 5.98. The number of rotatable bonds is 0. The van der Waals surface area contributed by atoms with Crippen molar-refractivity contribution in [2.75, 3.05) is 19.6 Å². The summed E-state index contributed by atoms with van der Waals surface area (Å²) in [6.45, 7) is 1.90. The third kappa shape index (κ3) is 1.14. The van der Waals surface area contributed by atoms with Crippen LogP contribution in [0.4, 0.5) is 0 Å². The maximum absolute atomic E-state index is 10.6. The Morgan fingerprint density at radius 1 is 1.75 bits per heavy atom. The van der Waals surface area contributed by atoms with E-state index in [1.165, 1.54) is 4.31 Å². The molecule has 0 atom stereocenters. The van der Waals surface area contributed by atoms with Gasteiger partial charge in [-0.2, -0.15) is 0 Å². The van der Waals surface area contributed by atoms with Crippen LogP contribution in [0.5, 0.6) is 0 Å². The summed E-state index contributed by atoms with van der Waals surface area (Å²) in [4.78, 5) is 10.6. The molecule has 1 amide bonds. The zero-order valence-corrected chi connectivity index (χ0v) is 5.20. The fourth-order valence-corrected chi connectivity index (χ4v) is 0.745. The van der Waals surface area contributed by atoms with E-state index < -0.39 is 0 Å². The van der Waals surface area contributed by atoms with Gasteiger partial charge in [0.15, 0.2) is 0 Å². The summed E-state index contributed by atoms with van der Waals surface area (Å²) in [7, 11) is 0. The largest absolute Gasteiger partial charge is 0.307 e. The van der Waals surface area contributed by atoms with Crippen LogP contribution in [-0.2, 0) is 4.79 Å². The van der Waals surface area contributed by atoms with Gasteiger partial charge in [-0.05, 0) is 0 Å². The van der Waals surface area contributed by atoms with Gasteiger partial charge < -0.3 is 5.32 Å². The van der Waals surface area contributed by atoms with E-state index in [1.807, 2.05) is 0 Å². The first-order valence-electron chi connectivity index (χ1n) is 2.49. The first-order valence-corrected chi connectivity index (χ1v) is 2.85. The molecule has 1 fully saturated rings. The molecule has 45 valence electrons. The van der Waals surface area contributed by atoms with E-state index in [1.54, 1.807) is 0 Å². The number of carbonyl (C=O) groups is 1. The molecule has 0 aromatic carbocycles. The van der Waals surface area contributed by atoms with E-state index in [-0.39, 0.29) is 5.91 Å². The van der Waals surface area contributed by atoms with Gasteiger partial charge in [0.1, 0.15) is 0 Å². The molecule has 0 unspecified atom stereocenters. The van der Waals surface area contributed by atoms with Crippen LogP contribution in [0.15, 0.2) is 0 Å². The minimum atomic E-state index is 0.00579. The lowest BCUT2D eigenvalue weighted by Crippen LogP contribution is -2.43. The number of nitrogens with zero attached hydrogens (tertiary/aromatic N) is 1. The fraction of sp³-hybridized carbons (Fsp3) is 0.750. The third-order valence-corrected chi connectivity index (χ3v) is 1.43. The molecule has 1 radical (unpaired) electrons. The molecule has 0 aromatic rings. The minimum Gasteiger partial charge on any atom is -0.307 e. The van der Waals surface area contributed by atoms with Crippen molar-refractivity contribution in [1.82, 2.24) is 9.62 Å². The molecule has 8 heavy (non-hydrogen) atoms. The van der Waals surface area contributed by atoms with Gasteiger partial charge in [0.2, 0.25) is 5.91 Å². The first-order chi connectivity index (χ1) is 3.80. The smallest absolute Gasteiger partial charge is 0.247 e. The van der Waals surface area contributed by atoms with E-state index in [2.05, 4.69) is 18.1 Å². The Balaban J connectivity index is 2.39. The number of amides is 1. The summed E-state index contributed by atoms with van der Waals surface area (Å²) in [5, 5.41) is 2.91. The minimum absolute atomic E-state index is 0.00579. The molecule has 0 aromatic heterocycles. The van der Waals surface area contributed by atoms with Gasteiger partial charge in [0, 0.05) is 25.9 Å². The van der Waals surface area contributed by atoms with Gasteiger partial charge in [0.25, 0.3) is 0 Å². The second kappa shape index (κ2) is 2.37. The number of hydrogen-bond acceptors (Lipinski definition) is 2.